The first-order chi connectivity index (χ1) is 14.4. The van der Waals surface area contributed by atoms with Crippen molar-refractivity contribution >= 4 is 34.3 Å². The third-order valence-corrected chi connectivity index (χ3v) is 5.52. The predicted molar refractivity (Wildman–Crippen MR) is 113 cm³/mol. The average molecular weight is 405 g/mol. The van der Waals surface area contributed by atoms with Gasteiger partial charge in [-0.05, 0) is 54.0 Å². The molecule has 8 heteroatoms. The zero-order valence-electron chi connectivity index (χ0n) is 16.6. The number of nitrogens with one attached hydrogen (secondary N) is 2. The Balaban J connectivity index is 1.56. The van der Waals surface area contributed by atoms with Crippen molar-refractivity contribution in [2.24, 2.45) is 11.7 Å². The van der Waals surface area contributed by atoms with Crippen LogP contribution in [0.2, 0.25) is 0 Å². The molecule has 1 saturated heterocycles. The van der Waals surface area contributed by atoms with Crippen LogP contribution in [0.3, 0.4) is 0 Å². The van der Waals surface area contributed by atoms with Crippen molar-refractivity contribution in [2.75, 3.05) is 11.9 Å². The monoisotopic (exact) mass is 405 g/mol. The summed E-state index contributed by atoms with van der Waals surface area (Å²) in [5.74, 6) is -1.73. The number of aromatic amines is 1. The van der Waals surface area contributed by atoms with Crippen molar-refractivity contribution in [2.45, 2.75) is 25.8 Å². The lowest BCUT2D eigenvalue weighted by molar-refractivity contribution is -0.146. The number of piperidine rings is 1. The molecule has 154 valence electrons. The van der Waals surface area contributed by atoms with Crippen LogP contribution in [0, 0.1) is 5.92 Å². The number of nitrogens with two attached hydrogens (primary N) is 1. The van der Waals surface area contributed by atoms with Crippen molar-refractivity contribution in [1.29, 1.82) is 0 Å². The first-order valence-electron chi connectivity index (χ1n) is 9.86. The van der Waals surface area contributed by atoms with Gasteiger partial charge in [-0.3, -0.25) is 19.4 Å². The summed E-state index contributed by atoms with van der Waals surface area (Å²) in [6, 6.07) is 9.27. The van der Waals surface area contributed by atoms with E-state index in [0.717, 1.165) is 29.3 Å². The predicted octanol–water partition coefficient (Wildman–Crippen LogP) is 2.60. The number of anilines is 1. The summed E-state index contributed by atoms with van der Waals surface area (Å²) < 4.78 is 0. The number of rotatable bonds is 3. The number of carbonyl (C=O) groups excluding carboxylic acids is 3. The van der Waals surface area contributed by atoms with Gasteiger partial charge in [0.25, 0.3) is 0 Å². The van der Waals surface area contributed by atoms with E-state index in [0.29, 0.717) is 12.5 Å². The SMILES string of the molecule is C[C@@H]1CC[C@@H](c2ccc3[nH]ccc3c2)N(C(=O)C(=O)Nc2cncc(C(N)=O)c2)C1. The molecule has 2 atom stereocenters. The lowest BCUT2D eigenvalue weighted by atomic mass is 9.89. The molecule has 30 heavy (non-hydrogen) atoms. The second kappa shape index (κ2) is 7.98. The number of fused-ring (bicyclic) bond motifs is 1. The Labute approximate surface area is 173 Å². The molecule has 0 aliphatic carbocycles. The maximum absolute atomic E-state index is 13.1. The van der Waals surface area contributed by atoms with E-state index in [2.05, 4.69) is 28.3 Å². The number of carbonyl (C=O) groups is 3. The van der Waals surface area contributed by atoms with Gasteiger partial charge in [0.15, 0.2) is 0 Å². The highest BCUT2D eigenvalue weighted by molar-refractivity contribution is 6.39. The molecule has 8 nitrogen and oxygen atoms in total. The quantitative estimate of drug-likeness (QED) is 0.580. The molecule has 2 aromatic heterocycles. The smallest absolute Gasteiger partial charge is 0.313 e. The van der Waals surface area contributed by atoms with Gasteiger partial charge in [-0.1, -0.05) is 13.0 Å². The summed E-state index contributed by atoms with van der Waals surface area (Å²) in [6.07, 6.45) is 6.32. The molecule has 1 fully saturated rings. The highest BCUT2D eigenvalue weighted by Crippen LogP contribution is 2.34. The van der Waals surface area contributed by atoms with Crippen molar-refractivity contribution < 1.29 is 14.4 Å². The van der Waals surface area contributed by atoms with Gasteiger partial charge in [-0.15, -0.1) is 0 Å². The van der Waals surface area contributed by atoms with Gasteiger partial charge < -0.3 is 20.9 Å². The van der Waals surface area contributed by atoms with E-state index in [4.69, 9.17) is 5.73 Å². The summed E-state index contributed by atoms with van der Waals surface area (Å²) in [4.78, 5) is 45.8. The lowest BCUT2D eigenvalue weighted by Gasteiger charge is -2.38. The Kier molecular flexibility index (Phi) is 5.22. The van der Waals surface area contributed by atoms with Crippen LogP contribution in [0.4, 0.5) is 5.69 Å². The standard InChI is InChI=1S/C22H23N5O3/c1-13-2-5-19(15-3-4-18-14(8-15)6-7-25-18)27(12-13)22(30)21(29)26-17-9-16(20(23)28)10-24-11-17/h3-4,6-11,13,19,25H,2,5,12H2,1H3,(H2,23,28)(H,26,29)/t13-,19+/m1/s1. The molecule has 3 amide bonds. The normalized spacial score (nSPS) is 18.9. The van der Waals surface area contributed by atoms with E-state index in [-0.39, 0.29) is 17.3 Å². The molecule has 3 aromatic rings. The Morgan fingerprint density at radius 1 is 1.17 bits per heavy atom. The van der Waals surface area contributed by atoms with E-state index >= 15 is 0 Å². The van der Waals surface area contributed by atoms with E-state index in [1.165, 1.54) is 18.5 Å². The second-order valence-corrected chi connectivity index (χ2v) is 7.76. The fourth-order valence-corrected chi connectivity index (χ4v) is 3.96. The Bertz CT molecular complexity index is 1120. The van der Waals surface area contributed by atoms with E-state index < -0.39 is 17.7 Å². The fraction of sp³-hybridized carbons (Fsp3) is 0.273. The number of benzene rings is 1. The topological polar surface area (TPSA) is 121 Å². The number of aromatic nitrogens is 2. The summed E-state index contributed by atoms with van der Waals surface area (Å²) in [7, 11) is 0. The molecule has 4 rings (SSSR count). The molecule has 0 unspecified atom stereocenters. The van der Waals surface area contributed by atoms with Gasteiger partial charge in [0.05, 0.1) is 23.5 Å². The molecular weight excluding hydrogens is 382 g/mol. The number of likely N-dealkylation sites (tertiary alicyclic amines) is 1. The first kappa shape index (κ1) is 19.6. The largest absolute Gasteiger partial charge is 0.366 e. The van der Waals surface area contributed by atoms with Crippen LogP contribution in [0.15, 0.2) is 48.9 Å². The maximum atomic E-state index is 13.1. The third-order valence-electron chi connectivity index (χ3n) is 5.52. The summed E-state index contributed by atoms with van der Waals surface area (Å²) in [6.45, 7) is 2.58. The minimum absolute atomic E-state index is 0.157. The van der Waals surface area contributed by atoms with Crippen molar-refractivity contribution in [3.05, 3.63) is 60.0 Å². The number of amides is 3. The molecule has 0 spiro atoms. The number of primary amides is 1. The van der Waals surface area contributed by atoms with Gasteiger partial charge in [-0.25, -0.2) is 0 Å². The summed E-state index contributed by atoms with van der Waals surface area (Å²) in [5, 5.41) is 3.61. The summed E-state index contributed by atoms with van der Waals surface area (Å²) in [5.41, 5.74) is 7.69. The summed E-state index contributed by atoms with van der Waals surface area (Å²) >= 11 is 0. The van der Waals surface area contributed by atoms with Gasteiger partial charge in [0.1, 0.15) is 0 Å². The van der Waals surface area contributed by atoms with Crippen molar-refractivity contribution in [3.63, 3.8) is 0 Å². The van der Waals surface area contributed by atoms with Crippen LogP contribution in [-0.2, 0) is 9.59 Å². The number of nitrogens with zero attached hydrogens (tertiary/aromatic N) is 2. The van der Waals surface area contributed by atoms with Crippen LogP contribution in [0.1, 0.15) is 41.7 Å². The minimum Gasteiger partial charge on any atom is -0.366 e. The van der Waals surface area contributed by atoms with Gasteiger partial charge in [0, 0.05) is 24.5 Å². The first-order valence-corrected chi connectivity index (χ1v) is 9.86. The van der Waals surface area contributed by atoms with Gasteiger partial charge in [-0.2, -0.15) is 0 Å². The van der Waals surface area contributed by atoms with Crippen molar-refractivity contribution in [3.8, 4) is 0 Å². The molecule has 1 aliphatic heterocycles. The van der Waals surface area contributed by atoms with Crippen LogP contribution in [0.5, 0.6) is 0 Å². The highest BCUT2D eigenvalue weighted by atomic mass is 16.2. The van der Waals surface area contributed by atoms with Crippen LogP contribution < -0.4 is 11.1 Å². The van der Waals surface area contributed by atoms with E-state index in [1.807, 2.05) is 24.4 Å². The molecule has 0 saturated carbocycles. The number of hydrogen-bond acceptors (Lipinski definition) is 4. The van der Waals surface area contributed by atoms with E-state index in [9.17, 15) is 14.4 Å². The van der Waals surface area contributed by atoms with Crippen molar-refractivity contribution in [1.82, 2.24) is 14.9 Å². The number of pyridine rings is 1. The number of H-pyrrole nitrogens is 1. The fourth-order valence-electron chi connectivity index (χ4n) is 3.96. The highest BCUT2D eigenvalue weighted by Gasteiger charge is 2.34. The molecule has 3 heterocycles. The number of hydrogen-bond donors (Lipinski definition) is 3. The van der Waals surface area contributed by atoms with Gasteiger partial charge >= 0.3 is 11.8 Å². The Hall–Kier alpha value is -3.68. The Morgan fingerprint density at radius 3 is 2.80 bits per heavy atom. The minimum atomic E-state index is -0.764. The Morgan fingerprint density at radius 2 is 2.00 bits per heavy atom. The molecular formula is C22H23N5O3. The third kappa shape index (κ3) is 3.89. The molecule has 4 N–H and O–H groups in total. The lowest BCUT2D eigenvalue weighted by Crippen LogP contribution is -2.46. The molecule has 1 aromatic carbocycles. The van der Waals surface area contributed by atoms with Crippen LogP contribution in [0.25, 0.3) is 10.9 Å². The average Bonchev–Trinajstić information content (AvgIpc) is 3.21. The van der Waals surface area contributed by atoms with Crippen LogP contribution in [-0.4, -0.2) is 39.1 Å². The zero-order chi connectivity index (χ0) is 21.3. The molecule has 1 aliphatic rings. The maximum Gasteiger partial charge on any atom is 0.313 e. The zero-order valence-corrected chi connectivity index (χ0v) is 16.6. The second-order valence-electron chi connectivity index (χ2n) is 7.76. The molecule has 0 radical (unpaired) electrons. The van der Waals surface area contributed by atoms with Crippen LogP contribution >= 0.6 is 0 Å². The van der Waals surface area contributed by atoms with E-state index in [1.54, 1.807) is 4.90 Å². The molecule has 0 bridgehead atoms. The van der Waals surface area contributed by atoms with Gasteiger partial charge in [0.2, 0.25) is 5.91 Å².